The zero-order valence-electron chi connectivity index (χ0n) is 18.8. The van der Waals surface area contributed by atoms with Gasteiger partial charge in [-0.3, -0.25) is 14.3 Å². The van der Waals surface area contributed by atoms with Gasteiger partial charge in [0.25, 0.3) is 5.56 Å². The molecule has 0 saturated heterocycles. The predicted octanol–water partition coefficient (Wildman–Crippen LogP) is 4.42. The van der Waals surface area contributed by atoms with E-state index in [0.29, 0.717) is 6.07 Å². The van der Waals surface area contributed by atoms with Crippen LogP contribution in [0.1, 0.15) is 11.1 Å². The van der Waals surface area contributed by atoms with Gasteiger partial charge in [-0.1, -0.05) is 23.4 Å². The molecule has 2 aromatic heterocycles. The number of aromatic nitrogens is 4. The summed E-state index contributed by atoms with van der Waals surface area (Å²) < 4.78 is 85.0. The third-order valence-electron chi connectivity index (χ3n) is 5.32. The highest BCUT2D eigenvalue weighted by atomic mass is 19.4. The molecular weight excluding hydrogens is 504 g/mol. The molecule has 0 aliphatic rings. The number of hydrogen-bond acceptors (Lipinski definition) is 4. The van der Waals surface area contributed by atoms with E-state index in [-0.39, 0.29) is 30.0 Å². The van der Waals surface area contributed by atoms with Crippen LogP contribution in [-0.2, 0) is 30.5 Å². The molecule has 2 heterocycles. The van der Waals surface area contributed by atoms with Crippen molar-refractivity contribution in [1.82, 2.24) is 19.6 Å². The Kier molecular flexibility index (Phi) is 7.14. The van der Waals surface area contributed by atoms with Crippen LogP contribution in [-0.4, -0.2) is 25.5 Å². The molecule has 0 spiro atoms. The Labute approximate surface area is 205 Å². The molecule has 0 bridgehead atoms. The number of nitrogens with zero attached hydrogens (tertiary/aromatic N) is 4. The Morgan fingerprint density at radius 1 is 0.973 bits per heavy atom. The van der Waals surface area contributed by atoms with Crippen molar-refractivity contribution in [2.45, 2.75) is 25.7 Å². The van der Waals surface area contributed by atoms with Gasteiger partial charge in [0.1, 0.15) is 23.1 Å². The van der Waals surface area contributed by atoms with Crippen LogP contribution >= 0.6 is 0 Å². The van der Waals surface area contributed by atoms with Crippen molar-refractivity contribution in [2.24, 2.45) is 0 Å². The fourth-order valence-corrected chi connectivity index (χ4v) is 3.58. The molecule has 4 aromatic rings. The minimum atomic E-state index is -4.94. The average molecular weight is 521 g/mol. The van der Waals surface area contributed by atoms with Crippen LogP contribution in [0.5, 0.6) is 0 Å². The fraction of sp³-hybridized carbons (Fsp3) is 0.167. The van der Waals surface area contributed by atoms with Crippen LogP contribution in [0.3, 0.4) is 0 Å². The van der Waals surface area contributed by atoms with Crippen molar-refractivity contribution in [1.29, 1.82) is 0 Å². The number of amides is 1. The van der Waals surface area contributed by atoms with Crippen molar-refractivity contribution < 1.29 is 31.1 Å². The summed E-state index contributed by atoms with van der Waals surface area (Å²) in [5, 5.41) is 9.70. The smallest absolute Gasteiger partial charge is 0.326 e. The third-order valence-corrected chi connectivity index (χ3v) is 5.32. The molecule has 13 heteroatoms. The second-order valence-electron chi connectivity index (χ2n) is 7.92. The minimum Gasteiger partial charge on any atom is -0.326 e. The molecule has 0 fully saturated rings. The predicted molar refractivity (Wildman–Crippen MR) is 120 cm³/mol. The maximum absolute atomic E-state index is 14.7. The number of pyridine rings is 1. The van der Waals surface area contributed by atoms with Gasteiger partial charge < -0.3 is 9.88 Å². The molecule has 7 nitrogen and oxygen atoms in total. The van der Waals surface area contributed by atoms with E-state index in [2.05, 4.69) is 15.6 Å². The van der Waals surface area contributed by atoms with Gasteiger partial charge in [-0.15, -0.1) is 5.10 Å². The zero-order valence-corrected chi connectivity index (χ0v) is 18.8. The molecule has 0 atom stereocenters. The number of aryl methyl sites for hydroxylation is 2. The first-order chi connectivity index (χ1) is 17.5. The molecule has 1 N–H and O–H groups in total. The maximum Gasteiger partial charge on any atom is 0.419 e. The lowest BCUT2D eigenvalue weighted by Crippen LogP contribution is -2.20. The molecule has 4 rings (SSSR count). The maximum atomic E-state index is 14.7. The molecule has 0 radical (unpaired) electrons. The lowest BCUT2D eigenvalue weighted by molar-refractivity contribution is -0.140. The van der Waals surface area contributed by atoms with Crippen LogP contribution < -0.4 is 10.9 Å². The Hall–Kier alpha value is -4.42. The molecule has 1 amide bonds. The first-order valence-electron chi connectivity index (χ1n) is 10.7. The van der Waals surface area contributed by atoms with Crippen molar-refractivity contribution in [3.8, 4) is 11.3 Å². The van der Waals surface area contributed by atoms with Crippen molar-refractivity contribution >= 4 is 11.6 Å². The van der Waals surface area contributed by atoms with Crippen molar-refractivity contribution in [2.75, 3.05) is 5.32 Å². The molecular formula is C24H17F6N5O2. The number of rotatable bonds is 7. The van der Waals surface area contributed by atoms with Gasteiger partial charge in [-0.05, 0) is 29.8 Å². The van der Waals surface area contributed by atoms with Gasteiger partial charge >= 0.3 is 6.18 Å². The summed E-state index contributed by atoms with van der Waals surface area (Å²) in [6.45, 7) is 0.436. The molecule has 0 aliphatic heterocycles. The quantitative estimate of drug-likeness (QED) is 0.365. The van der Waals surface area contributed by atoms with Crippen LogP contribution in [0.25, 0.3) is 11.3 Å². The van der Waals surface area contributed by atoms with Gasteiger partial charge in [-0.25, -0.2) is 13.2 Å². The lowest BCUT2D eigenvalue weighted by atomic mass is 10.1. The Balaban J connectivity index is 1.46. The van der Waals surface area contributed by atoms with E-state index in [9.17, 15) is 35.9 Å². The molecule has 0 aliphatic carbocycles. The third kappa shape index (κ3) is 5.88. The molecule has 37 heavy (non-hydrogen) atoms. The Morgan fingerprint density at radius 2 is 1.70 bits per heavy atom. The van der Waals surface area contributed by atoms with E-state index in [1.807, 2.05) is 0 Å². The number of nitrogens with one attached hydrogen (secondary N) is 1. The zero-order chi connectivity index (χ0) is 26.7. The first kappa shape index (κ1) is 25.7. The number of anilines is 1. The summed E-state index contributed by atoms with van der Waals surface area (Å²) >= 11 is 0. The minimum absolute atomic E-state index is 0.140. The SMILES string of the molecule is O=C(Cc1cccc(C(F)(F)F)c1F)Nc1cc(F)c(-c2cn(CCn3ccccc3=O)nn2)c(F)c1. The Bertz CT molecular complexity index is 1490. The number of hydrogen-bond donors (Lipinski definition) is 1. The summed E-state index contributed by atoms with van der Waals surface area (Å²) in [5.41, 5.74) is -3.27. The van der Waals surface area contributed by atoms with E-state index in [4.69, 9.17) is 0 Å². The highest BCUT2D eigenvalue weighted by Gasteiger charge is 2.35. The summed E-state index contributed by atoms with van der Waals surface area (Å²) in [6, 6.07) is 8.73. The molecule has 0 saturated carbocycles. The monoisotopic (exact) mass is 521 g/mol. The van der Waals surface area contributed by atoms with Gasteiger partial charge in [0.2, 0.25) is 5.91 Å². The lowest BCUT2D eigenvalue weighted by Gasteiger charge is -2.12. The first-order valence-corrected chi connectivity index (χ1v) is 10.7. The summed E-state index contributed by atoms with van der Waals surface area (Å²) in [4.78, 5) is 24.0. The molecule has 192 valence electrons. The van der Waals surface area contributed by atoms with Crippen LogP contribution in [0, 0.1) is 17.5 Å². The van der Waals surface area contributed by atoms with Gasteiger partial charge in [-0.2, -0.15) is 13.2 Å². The van der Waals surface area contributed by atoms with Gasteiger partial charge in [0.15, 0.2) is 0 Å². The summed E-state index contributed by atoms with van der Waals surface area (Å²) in [6.07, 6.45) is -2.88. The van der Waals surface area contributed by atoms with Gasteiger partial charge in [0, 0.05) is 24.5 Å². The second kappa shape index (κ2) is 10.3. The second-order valence-corrected chi connectivity index (χ2v) is 7.92. The molecule has 0 unspecified atom stereocenters. The van der Waals surface area contributed by atoms with E-state index < -0.39 is 52.6 Å². The topological polar surface area (TPSA) is 81.8 Å². The molecule has 2 aromatic carbocycles. The van der Waals surface area contributed by atoms with Crippen molar-refractivity contribution in [3.05, 3.63) is 99.9 Å². The number of carbonyl (C=O) groups is 1. The van der Waals surface area contributed by atoms with E-state index in [0.717, 1.165) is 24.3 Å². The highest BCUT2D eigenvalue weighted by molar-refractivity contribution is 5.92. The van der Waals surface area contributed by atoms with Crippen LogP contribution in [0.4, 0.5) is 32.0 Å². The number of halogens is 6. The standard InChI is InChI=1S/C24H17F6N5O2/c25-17-11-15(31-20(36)10-14-4-3-5-16(23(14)27)24(28,29)30)12-18(26)22(17)19-13-35(33-32-19)9-8-34-7-2-1-6-21(34)37/h1-7,11-13H,8-10H2,(H,31,36). The largest absolute Gasteiger partial charge is 0.419 e. The average Bonchev–Trinajstić information content (AvgIpc) is 3.27. The Morgan fingerprint density at radius 3 is 2.38 bits per heavy atom. The number of carbonyl (C=O) groups excluding carboxylic acids is 1. The van der Waals surface area contributed by atoms with E-state index in [1.165, 1.54) is 21.5 Å². The van der Waals surface area contributed by atoms with E-state index >= 15 is 0 Å². The normalized spacial score (nSPS) is 11.5. The summed E-state index contributed by atoms with van der Waals surface area (Å²) in [5.74, 6) is -4.76. The summed E-state index contributed by atoms with van der Waals surface area (Å²) in [7, 11) is 0. The van der Waals surface area contributed by atoms with Crippen molar-refractivity contribution in [3.63, 3.8) is 0 Å². The fourth-order valence-electron chi connectivity index (χ4n) is 3.58. The van der Waals surface area contributed by atoms with E-state index in [1.54, 1.807) is 18.3 Å². The van der Waals surface area contributed by atoms with Gasteiger partial charge in [0.05, 0.1) is 30.3 Å². The highest BCUT2D eigenvalue weighted by Crippen LogP contribution is 2.33. The number of benzene rings is 2. The number of alkyl halides is 3. The van der Waals surface area contributed by atoms with Crippen LogP contribution in [0.15, 0.2) is 65.7 Å². The van der Waals surface area contributed by atoms with Crippen LogP contribution in [0.2, 0.25) is 0 Å².